The second kappa shape index (κ2) is 14.8. The number of alkyl carbamates (subject to hydrolysis) is 1. The fraction of sp³-hybridized carbons (Fsp3) is 0.528. The third kappa shape index (κ3) is 7.34. The topological polar surface area (TPSA) is 178 Å². The number of rotatable bonds is 7. The predicted octanol–water partition coefficient (Wildman–Crippen LogP) is 4.74. The molecule has 3 amide bonds. The zero-order valence-corrected chi connectivity index (χ0v) is 29.3. The number of methoxy groups -OCH3 is 1. The summed E-state index contributed by atoms with van der Waals surface area (Å²) >= 11 is 1.42. The third-order valence-corrected chi connectivity index (χ3v) is 11.2. The molecule has 2 aliphatic carbocycles. The first-order valence-corrected chi connectivity index (χ1v) is 18.6. The molecular weight excluding hydrogens is 675 g/mol. The summed E-state index contributed by atoms with van der Waals surface area (Å²) in [4.78, 5) is 61.7. The maximum Gasteiger partial charge on any atom is 0.408 e. The van der Waals surface area contributed by atoms with E-state index >= 15 is 0 Å². The van der Waals surface area contributed by atoms with Gasteiger partial charge in [-0.2, -0.15) is 9.90 Å². The standard InChI is InChI=1S/C36H43N7O7S/c1-49-25-15-13-22(14-16-25)29-30(32-37-17-18-51-32)41-43(40-29)24-19-28-31(44)39-36(34(46)47)20-23(36)9-5-3-2-4-6-12-27(33(45)42(28)21-24)38-35(48)50-26-10-7-8-11-26/h5,9,13-18,23-24,26-28H,2-4,6-8,10-12,19-21H2,1H3,(H,38,48)(H,39,44)(H,46,47)/b9-5-/t23-,24-,27+,28+,36-/m1/s1. The molecule has 0 radical (unpaired) electrons. The summed E-state index contributed by atoms with van der Waals surface area (Å²) in [6, 6.07) is 4.94. The number of carboxylic acid groups (broad SMARTS) is 1. The van der Waals surface area contributed by atoms with Gasteiger partial charge in [0, 0.05) is 36.0 Å². The molecule has 7 rings (SSSR count). The van der Waals surface area contributed by atoms with E-state index in [1.807, 2.05) is 41.8 Å². The van der Waals surface area contributed by atoms with Gasteiger partial charge in [0.1, 0.15) is 45.9 Å². The predicted molar refractivity (Wildman–Crippen MR) is 187 cm³/mol. The van der Waals surface area contributed by atoms with Gasteiger partial charge in [-0.15, -0.1) is 16.4 Å². The monoisotopic (exact) mass is 717 g/mol. The molecule has 4 heterocycles. The zero-order valence-electron chi connectivity index (χ0n) is 28.5. The molecule has 2 aliphatic heterocycles. The quantitative estimate of drug-likeness (QED) is 0.290. The van der Waals surface area contributed by atoms with Crippen LogP contribution in [0.15, 0.2) is 48.0 Å². The van der Waals surface area contributed by atoms with Crippen LogP contribution in [0.4, 0.5) is 4.79 Å². The molecule has 15 heteroatoms. The number of amides is 3. The van der Waals surface area contributed by atoms with E-state index in [9.17, 15) is 24.3 Å². The van der Waals surface area contributed by atoms with Crippen LogP contribution < -0.4 is 15.4 Å². The lowest BCUT2D eigenvalue weighted by Crippen LogP contribution is -2.56. The molecule has 3 fully saturated rings. The average Bonchev–Trinajstić information content (AvgIpc) is 3.77. The number of nitrogens with zero attached hydrogens (tertiary/aromatic N) is 5. The van der Waals surface area contributed by atoms with Crippen molar-refractivity contribution < 1.29 is 33.8 Å². The number of carboxylic acids is 1. The minimum Gasteiger partial charge on any atom is -0.497 e. The molecule has 0 unspecified atom stereocenters. The SMILES string of the molecule is COc1ccc(-c2nn([C@@H]3C[C@H]4C(=O)N[C@]5(C(=O)O)C[C@H]5/C=C\CCCCC[C@H](NC(=O)OC5CCCC5)C(=O)N4C3)nc2-c2nccs2)cc1. The molecule has 3 N–H and O–H groups in total. The molecule has 14 nitrogen and oxygen atoms in total. The Hall–Kier alpha value is -4.79. The van der Waals surface area contributed by atoms with E-state index in [1.165, 1.54) is 21.0 Å². The van der Waals surface area contributed by atoms with E-state index in [-0.39, 0.29) is 31.4 Å². The van der Waals surface area contributed by atoms with Gasteiger partial charge in [0.2, 0.25) is 11.8 Å². The number of aliphatic carboxylic acids is 1. The molecule has 3 aromatic rings. The summed E-state index contributed by atoms with van der Waals surface area (Å²) in [6.07, 6.45) is 12.2. The van der Waals surface area contributed by atoms with Gasteiger partial charge < -0.3 is 30.1 Å². The van der Waals surface area contributed by atoms with E-state index in [0.717, 1.165) is 50.5 Å². The van der Waals surface area contributed by atoms with Gasteiger partial charge in [-0.1, -0.05) is 25.0 Å². The number of aromatic nitrogens is 4. The van der Waals surface area contributed by atoms with Gasteiger partial charge in [-0.3, -0.25) is 9.59 Å². The van der Waals surface area contributed by atoms with E-state index in [4.69, 9.17) is 19.7 Å². The van der Waals surface area contributed by atoms with Gasteiger partial charge in [-0.05, 0) is 75.6 Å². The largest absolute Gasteiger partial charge is 0.497 e. The van der Waals surface area contributed by atoms with Crippen molar-refractivity contribution in [3.8, 4) is 27.7 Å². The number of nitrogens with one attached hydrogen (secondary N) is 2. The minimum atomic E-state index is -1.44. The molecule has 5 atom stereocenters. The Balaban J connectivity index is 1.21. The zero-order chi connectivity index (χ0) is 35.5. The Morgan fingerprint density at radius 3 is 2.53 bits per heavy atom. The number of carbonyl (C=O) groups is 4. The number of hydrogen-bond acceptors (Lipinski definition) is 10. The molecule has 2 aromatic heterocycles. The second-order valence-corrected chi connectivity index (χ2v) is 14.7. The van der Waals surface area contributed by atoms with Gasteiger partial charge >= 0.3 is 12.1 Å². The summed E-state index contributed by atoms with van der Waals surface area (Å²) in [7, 11) is 1.60. The Morgan fingerprint density at radius 1 is 1.04 bits per heavy atom. The fourth-order valence-electron chi connectivity index (χ4n) is 7.49. The van der Waals surface area contributed by atoms with E-state index in [1.54, 1.807) is 13.3 Å². The fourth-order valence-corrected chi connectivity index (χ4v) is 8.11. The van der Waals surface area contributed by atoms with Crippen LogP contribution in [-0.2, 0) is 19.1 Å². The van der Waals surface area contributed by atoms with Crippen LogP contribution in [0.5, 0.6) is 5.75 Å². The van der Waals surface area contributed by atoms with Crippen LogP contribution >= 0.6 is 11.3 Å². The number of hydrogen-bond donors (Lipinski definition) is 3. The highest BCUT2D eigenvalue weighted by Crippen LogP contribution is 2.46. The second-order valence-electron chi connectivity index (χ2n) is 13.8. The van der Waals surface area contributed by atoms with Crippen molar-refractivity contribution in [3.63, 3.8) is 0 Å². The van der Waals surface area contributed by atoms with Gasteiger partial charge in [0.05, 0.1) is 13.2 Å². The Morgan fingerprint density at radius 2 is 1.80 bits per heavy atom. The van der Waals surface area contributed by atoms with Crippen LogP contribution in [0.25, 0.3) is 22.0 Å². The molecule has 4 aliphatic rings. The van der Waals surface area contributed by atoms with Crippen molar-refractivity contribution in [1.29, 1.82) is 0 Å². The smallest absolute Gasteiger partial charge is 0.408 e. The van der Waals surface area contributed by atoms with Crippen LogP contribution in [0.2, 0.25) is 0 Å². The number of thiazole rings is 1. The summed E-state index contributed by atoms with van der Waals surface area (Å²) in [5, 5.41) is 28.1. The lowest BCUT2D eigenvalue weighted by Gasteiger charge is -2.29. The van der Waals surface area contributed by atoms with Crippen molar-refractivity contribution in [2.45, 2.75) is 100 Å². The third-order valence-electron chi connectivity index (χ3n) is 10.5. The van der Waals surface area contributed by atoms with Crippen LogP contribution in [0.3, 0.4) is 0 Å². The van der Waals surface area contributed by atoms with Crippen LogP contribution in [0.1, 0.15) is 76.7 Å². The van der Waals surface area contributed by atoms with Crippen molar-refractivity contribution in [3.05, 3.63) is 48.0 Å². The van der Waals surface area contributed by atoms with Crippen molar-refractivity contribution in [1.82, 2.24) is 35.5 Å². The van der Waals surface area contributed by atoms with Crippen LogP contribution in [0, 0.1) is 5.92 Å². The summed E-state index contributed by atoms with van der Waals surface area (Å²) in [6.45, 7) is 0.0736. The van der Waals surface area contributed by atoms with E-state index in [2.05, 4.69) is 15.6 Å². The number of carbonyl (C=O) groups excluding carboxylic acids is 3. The Bertz CT molecular complexity index is 1770. The van der Waals surface area contributed by atoms with Crippen molar-refractivity contribution in [2.24, 2.45) is 5.92 Å². The Kier molecular flexibility index (Phi) is 10.1. The number of fused-ring (bicyclic) bond motifs is 2. The maximum absolute atomic E-state index is 14.5. The number of ether oxygens (including phenoxy) is 2. The first-order valence-electron chi connectivity index (χ1n) is 17.8. The maximum atomic E-state index is 14.5. The molecule has 1 aromatic carbocycles. The molecule has 51 heavy (non-hydrogen) atoms. The number of allylic oxidation sites excluding steroid dienone is 1. The average molecular weight is 718 g/mol. The first kappa shape index (κ1) is 34.6. The first-order chi connectivity index (χ1) is 24.8. The normalized spacial score (nSPS) is 27.7. The summed E-state index contributed by atoms with van der Waals surface area (Å²) in [5.74, 6) is -1.75. The van der Waals surface area contributed by atoms with Crippen molar-refractivity contribution in [2.75, 3.05) is 13.7 Å². The highest BCUT2D eigenvalue weighted by atomic mass is 32.1. The van der Waals surface area contributed by atoms with Gasteiger partial charge in [0.25, 0.3) is 0 Å². The molecule has 2 saturated carbocycles. The summed E-state index contributed by atoms with van der Waals surface area (Å²) < 4.78 is 11.0. The lowest BCUT2D eigenvalue weighted by molar-refractivity contribution is -0.145. The highest BCUT2D eigenvalue weighted by Gasteiger charge is 2.61. The van der Waals surface area contributed by atoms with E-state index < -0.39 is 47.5 Å². The molecule has 0 spiro atoms. The lowest BCUT2D eigenvalue weighted by atomic mass is 10.0. The molecule has 0 bridgehead atoms. The molecular formula is C36H43N7O7S. The van der Waals surface area contributed by atoms with Crippen molar-refractivity contribution >= 4 is 35.2 Å². The molecule has 1 saturated heterocycles. The Labute approximate surface area is 299 Å². The summed E-state index contributed by atoms with van der Waals surface area (Å²) in [5.41, 5.74) is 0.490. The van der Waals surface area contributed by atoms with Gasteiger partial charge in [0.15, 0.2) is 0 Å². The van der Waals surface area contributed by atoms with E-state index in [0.29, 0.717) is 35.0 Å². The number of benzene rings is 1. The molecule has 270 valence electrons. The minimum absolute atomic E-state index is 0.0736. The van der Waals surface area contributed by atoms with Gasteiger partial charge in [-0.25, -0.2) is 14.6 Å². The van der Waals surface area contributed by atoms with Crippen LogP contribution in [-0.4, -0.2) is 91.2 Å². The highest BCUT2D eigenvalue weighted by molar-refractivity contribution is 7.13.